The van der Waals surface area contributed by atoms with Gasteiger partial charge < -0.3 is 41.6 Å². The van der Waals surface area contributed by atoms with Crippen molar-refractivity contribution in [2.45, 2.75) is 44.3 Å². The fourth-order valence-electron chi connectivity index (χ4n) is 4.87. The van der Waals surface area contributed by atoms with Crippen molar-refractivity contribution in [2.24, 2.45) is 5.16 Å². The first kappa shape index (κ1) is 30.1. The topological polar surface area (TPSA) is 233 Å². The number of nitrogens with one attached hydrogen (secondary N) is 2. The lowest BCUT2D eigenvalue weighted by atomic mass is 10.0. The zero-order chi connectivity index (χ0) is 31.2. The van der Waals surface area contributed by atoms with E-state index in [4.69, 9.17) is 33.0 Å². The Morgan fingerprint density at radius 1 is 1.42 bits per heavy atom. The minimum absolute atomic E-state index is 0.0127. The summed E-state index contributed by atoms with van der Waals surface area (Å²) in [6, 6.07) is 2.53. The number of carboxylic acids is 2. The van der Waals surface area contributed by atoms with Crippen LogP contribution in [0.2, 0.25) is 4.34 Å². The normalized spacial score (nSPS) is 19.2. The summed E-state index contributed by atoms with van der Waals surface area (Å²) in [4.78, 5) is 63.2. The molecule has 15 nitrogen and oxygen atoms in total. The quantitative estimate of drug-likeness (QED) is 0.0820. The van der Waals surface area contributed by atoms with Gasteiger partial charge in [-0.05, 0) is 19.4 Å². The van der Waals surface area contributed by atoms with Crippen molar-refractivity contribution in [1.29, 1.82) is 0 Å². The predicted molar refractivity (Wildman–Crippen MR) is 156 cm³/mol. The van der Waals surface area contributed by atoms with Gasteiger partial charge in [0.05, 0.1) is 17.2 Å². The Bertz CT molecular complexity index is 1740. The first-order valence-electron chi connectivity index (χ1n) is 12.8. The molecule has 0 aromatic carbocycles. The molecule has 3 atom stereocenters. The number of oxime groups is 1. The SMILES string of the molecule is CCc1c(N)[nH]c2ccc[n+](CC3=C(C(=O)[O-])N4C(=O)[C@@H](NC(=O)/C(=N\O[C@@H](C)C(=O)O)c5nc(N)sc5Cl)C4SC3)c12. The molecular weight excluding hydrogens is 624 g/mol. The highest BCUT2D eigenvalue weighted by molar-refractivity contribution is 8.00. The Morgan fingerprint density at radius 2 is 2.16 bits per heavy atom. The number of hydrogen-bond acceptors (Lipinski definition) is 12. The average molecular weight is 649 g/mol. The number of aryl methyl sites for hydroxylation is 1. The van der Waals surface area contributed by atoms with Crippen LogP contribution in [-0.2, 0) is 37.0 Å². The highest BCUT2D eigenvalue weighted by Crippen LogP contribution is 2.40. The average Bonchev–Trinajstić information content (AvgIpc) is 3.47. The van der Waals surface area contributed by atoms with Gasteiger partial charge in [0, 0.05) is 17.4 Å². The lowest BCUT2D eigenvalue weighted by Crippen LogP contribution is -2.71. The van der Waals surface area contributed by atoms with Crippen LogP contribution >= 0.6 is 34.7 Å². The van der Waals surface area contributed by atoms with Crippen LogP contribution in [-0.4, -0.2) is 72.7 Å². The molecule has 0 aliphatic carbocycles. The van der Waals surface area contributed by atoms with E-state index in [1.807, 2.05) is 17.6 Å². The van der Waals surface area contributed by atoms with Crippen LogP contribution in [0.3, 0.4) is 0 Å². The number of carbonyl (C=O) groups excluding carboxylic acids is 3. The lowest BCUT2D eigenvalue weighted by Gasteiger charge is -2.50. The van der Waals surface area contributed by atoms with Crippen LogP contribution in [0.4, 0.5) is 10.9 Å². The first-order valence-corrected chi connectivity index (χ1v) is 15.0. The van der Waals surface area contributed by atoms with Crippen molar-refractivity contribution in [2.75, 3.05) is 17.2 Å². The first-order chi connectivity index (χ1) is 20.4. The number of amides is 2. The number of nitrogens with two attached hydrogens (primary N) is 2. The number of rotatable bonds is 10. The molecule has 18 heteroatoms. The van der Waals surface area contributed by atoms with Crippen molar-refractivity contribution >= 4 is 86.1 Å². The number of nitrogens with zero attached hydrogens (tertiary/aromatic N) is 4. The van der Waals surface area contributed by atoms with Crippen LogP contribution in [0.5, 0.6) is 0 Å². The van der Waals surface area contributed by atoms with Crippen molar-refractivity contribution in [1.82, 2.24) is 20.2 Å². The highest BCUT2D eigenvalue weighted by atomic mass is 35.5. The van der Waals surface area contributed by atoms with Crippen LogP contribution < -0.4 is 26.5 Å². The minimum atomic E-state index is -1.53. The third-order valence-electron chi connectivity index (χ3n) is 6.89. The molecule has 43 heavy (non-hydrogen) atoms. The number of hydrogen-bond donors (Lipinski definition) is 5. The van der Waals surface area contributed by atoms with Gasteiger partial charge in [0.25, 0.3) is 11.8 Å². The van der Waals surface area contributed by atoms with E-state index in [1.165, 1.54) is 18.7 Å². The van der Waals surface area contributed by atoms with Crippen molar-refractivity contribution in [3.05, 3.63) is 45.2 Å². The third kappa shape index (κ3) is 5.46. The number of carboxylic acid groups (broad SMARTS) is 2. The summed E-state index contributed by atoms with van der Waals surface area (Å²) >= 11 is 8.27. The van der Waals surface area contributed by atoms with Crippen LogP contribution in [0.1, 0.15) is 25.1 Å². The Morgan fingerprint density at radius 3 is 2.79 bits per heavy atom. The molecule has 5 rings (SSSR count). The second-order valence-electron chi connectivity index (χ2n) is 9.57. The molecule has 3 aromatic heterocycles. The smallest absolute Gasteiger partial charge is 0.347 e. The summed E-state index contributed by atoms with van der Waals surface area (Å²) in [6.45, 7) is 3.32. The molecule has 1 fully saturated rings. The summed E-state index contributed by atoms with van der Waals surface area (Å²) in [5.41, 5.74) is 13.8. The number of nitrogen functional groups attached to an aromatic ring is 2. The number of aromatic amines is 1. The molecule has 0 saturated carbocycles. The summed E-state index contributed by atoms with van der Waals surface area (Å²) in [5.74, 6) is -3.76. The third-order valence-corrected chi connectivity index (χ3v) is 9.31. The number of fused-ring (bicyclic) bond motifs is 2. The molecule has 226 valence electrons. The molecule has 7 N–H and O–H groups in total. The fourth-order valence-corrected chi connectivity index (χ4v) is 7.13. The summed E-state index contributed by atoms with van der Waals surface area (Å²) in [7, 11) is 0. The number of halogens is 1. The molecule has 1 saturated heterocycles. The molecule has 0 bridgehead atoms. The van der Waals surface area contributed by atoms with Crippen molar-refractivity contribution < 1.29 is 38.8 Å². The molecule has 0 radical (unpaired) electrons. The molecular formula is C25H25ClN8O7S2. The Balaban J connectivity index is 1.41. The number of aliphatic carboxylic acids is 2. The fraction of sp³-hybridized carbons (Fsp3) is 0.320. The van der Waals surface area contributed by atoms with Gasteiger partial charge in [0.1, 0.15) is 32.8 Å². The Labute approximate surface area is 256 Å². The van der Waals surface area contributed by atoms with E-state index < -0.39 is 47.0 Å². The molecule has 2 aliphatic heterocycles. The second kappa shape index (κ2) is 11.7. The molecule has 2 amide bonds. The number of thiazole rings is 1. The van der Waals surface area contributed by atoms with Gasteiger partial charge in [-0.3, -0.25) is 14.5 Å². The van der Waals surface area contributed by atoms with Crippen molar-refractivity contribution in [3.63, 3.8) is 0 Å². The summed E-state index contributed by atoms with van der Waals surface area (Å²) in [6.07, 6.45) is 1.04. The van der Waals surface area contributed by atoms with Crippen LogP contribution in [0.15, 0.2) is 34.8 Å². The van der Waals surface area contributed by atoms with E-state index in [2.05, 4.69) is 20.4 Å². The highest BCUT2D eigenvalue weighted by Gasteiger charge is 2.53. The number of aromatic nitrogens is 3. The van der Waals surface area contributed by atoms with Gasteiger partial charge in [-0.2, -0.15) is 4.57 Å². The zero-order valence-corrected chi connectivity index (χ0v) is 25.0. The number of carbonyl (C=O) groups is 4. The summed E-state index contributed by atoms with van der Waals surface area (Å²) in [5, 5.41) is 26.8. The van der Waals surface area contributed by atoms with Gasteiger partial charge in [-0.1, -0.05) is 35.0 Å². The standard InChI is InChI=1S/C25H25ClN8O7S2/c1-3-11-17-12(29-19(11)27)5-4-6-33(17)7-10-8-42-22-15(21(36)34(22)16(10)24(39)40)30-20(35)14(32-41-9(2)23(37)38)13-18(26)43-25(28)31-13/h4-6,9,15,22H,3,7-8H2,1-2H3,(H7,27,28,29,30,31,35,37,38,39,40)/b32-14-/t9-,15+,22?/m0/s1. The van der Waals surface area contributed by atoms with Gasteiger partial charge in [-0.15, -0.1) is 11.8 Å². The van der Waals surface area contributed by atoms with E-state index in [1.54, 1.807) is 12.3 Å². The van der Waals surface area contributed by atoms with Gasteiger partial charge in [-0.25, -0.2) is 9.78 Å². The molecule has 0 spiro atoms. The minimum Gasteiger partial charge on any atom is -0.543 e. The Hall–Kier alpha value is -4.35. The van der Waals surface area contributed by atoms with Crippen molar-refractivity contribution in [3.8, 4) is 0 Å². The number of β-lactam (4-membered cyclic amide) rings is 1. The van der Waals surface area contributed by atoms with Crippen LogP contribution in [0.25, 0.3) is 11.0 Å². The predicted octanol–water partition coefficient (Wildman–Crippen LogP) is -0.410. The van der Waals surface area contributed by atoms with E-state index in [0.29, 0.717) is 17.8 Å². The zero-order valence-electron chi connectivity index (χ0n) is 22.6. The Kier molecular flexibility index (Phi) is 8.22. The number of anilines is 2. The molecule has 5 heterocycles. The van der Waals surface area contributed by atoms with E-state index in [-0.39, 0.29) is 33.2 Å². The largest absolute Gasteiger partial charge is 0.543 e. The van der Waals surface area contributed by atoms with Crippen LogP contribution in [0, 0.1) is 0 Å². The number of thioether (sulfide) groups is 1. The second-order valence-corrected chi connectivity index (χ2v) is 12.3. The monoisotopic (exact) mass is 648 g/mol. The number of H-pyrrole nitrogens is 1. The molecule has 2 aliphatic rings. The van der Waals surface area contributed by atoms with E-state index in [9.17, 15) is 24.3 Å². The maximum Gasteiger partial charge on any atom is 0.347 e. The van der Waals surface area contributed by atoms with Gasteiger partial charge in [0.15, 0.2) is 23.6 Å². The summed E-state index contributed by atoms with van der Waals surface area (Å²) < 4.78 is 1.86. The maximum absolute atomic E-state index is 13.3. The van der Waals surface area contributed by atoms with Gasteiger partial charge in [0.2, 0.25) is 11.6 Å². The molecule has 1 unspecified atom stereocenters. The van der Waals surface area contributed by atoms with Gasteiger partial charge >= 0.3 is 5.97 Å². The maximum atomic E-state index is 13.3. The number of pyridine rings is 1. The van der Waals surface area contributed by atoms with E-state index >= 15 is 0 Å². The van der Waals surface area contributed by atoms with E-state index in [0.717, 1.165) is 32.8 Å². The lowest BCUT2D eigenvalue weighted by molar-refractivity contribution is -0.663. The molecule has 3 aromatic rings.